The van der Waals surface area contributed by atoms with Crippen LogP contribution in [0.3, 0.4) is 0 Å². The summed E-state index contributed by atoms with van der Waals surface area (Å²) >= 11 is 0. The third-order valence-electron chi connectivity index (χ3n) is 4.18. The van der Waals surface area contributed by atoms with Crippen molar-refractivity contribution in [2.24, 2.45) is 0 Å². The largest absolute Gasteiger partial charge is 0.342 e. The maximum absolute atomic E-state index is 11.7. The summed E-state index contributed by atoms with van der Waals surface area (Å²) in [5.74, 6) is 0.263. The van der Waals surface area contributed by atoms with Gasteiger partial charge < -0.3 is 10.3 Å². The topological polar surface area (TPSA) is 107 Å². The number of fused-ring (bicyclic) bond motifs is 1. The van der Waals surface area contributed by atoms with E-state index in [2.05, 4.69) is 15.3 Å². The molecular formula is C21H22N4O3. The smallest absolute Gasteiger partial charge is 0.267 e. The van der Waals surface area contributed by atoms with Gasteiger partial charge in [-0.2, -0.15) is 0 Å². The first-order valence-corrected chi connectivity index (χ1v) is 9.07. The van der Waals surface area contributed by atoms with Gasteiger partial charge in [-0.15, -0.1) is 0 Å². The van der Waals surface area contributed by atoms with Crippen LogP contribution < -0.4 is 10.8 Å². The number of benzene rings is 2. The Kier molecular flexibility index (Phi) is 6.18. The van der Waals surface area contributed by atoms with Crippen LogP contribution in [-0.4, -0.2) is 27.0 Å². The lowest BCUT2D eigenvalue weighted by Gasteiger charge is -2.03. The third-order valence-corrected chi connectivity index (χ3v) is 4.18. The summed E-state index contributed by atoms with van der Waals surface area (Å²) in [6, 6.07) is 13.3. The lowest BCUT2D eigenvalue weighted by molar-refractivity contribution is -0.124. The van der Waals surface area contributed by atoms with Gasteiger partial charge in [0, 0.05) is 24.6 Å². The number of rotatable bonds is 7. The van der Waals surface area contributed by atoms with Crippen LogP contribution in [-0.2, 0) is 16.0 Å². The summed E-state index contributed by atoms with van der Waals surface area (Å²) in [4.78, 5) is 30.6. The Labute approximate surface area is 162 Å². The number of anilines is 1. The van der Waals surface area contributed by atoms with E-state index >= 15 is 0 Å². The average Bonchev–Trinajstić information content (AvgIpc) is 3.08. The molecule has 0 bridgehead atoms. The van der Waals surface area contributed by atoms with Crippen LogP contribution in [0.5, 0.6) is 0 Å². The minimum Gasteiger partial charge on any atom is -0.342 e. The highest BCUT2D eigenvalue weighted by molar-refractivity contribution is 5.93. The van der Waals surface area contributed by atoms with E-state index in [0.717, 1.165) is 40.1 Å². The summed E-state index contributed by atoms with van der Waals surface area (Å²) in [7, 11) is 0. The highest BCUT2D eigenvalue weighted by Crippen LogP contribution is 2.19. The SMILES string of the molecule is CCCC(=O)Nc1ccc2nc(Cc3ccc(C=CC(=O)NO)cc3)[nH]c2c1. The predicted molar refractivity (Wildman–Crippen MR) is 108 cm³/mol. The molecule has 1 heterocycles. The normalized spacial score (nSPS) is 11.1. The van der Waals surface area contributed by atoms with Gasteiger partial charge in [0.15, 0.2) is 0 Å². The maximum Gasteiger partial charge on any atom is 0.267 e. The molecule has 144 valence electrons. The zero-order chi connectivity index (χ0) is 19.9. The molecule has 0 unspecified atom stereocenters. The van der Waals surface area contributed by atoms with Crippen molar-refractivity contribution in [1.29, 1.82) is 0 Å². The Bertz CT molecular complexity index is 1010. The summed E-state index contributed by atoms with van der Waals surface area (Å²) in [6.45, 7) is 1.97. The summed E-state index contributed by atoms with van der Waals surface area (Å²) in [5.41, 5.74) is 5.94. The molecule has 28 heavy (non-hydrogen) atoms. The van der Waals surface area contributed by atoms with Gasteiger partial charge >= 0.3 is 0 Å². The van der Waals surface area contributed by atoms with Crippen LogP contribution in [0.2, 0.25) is 0 Å². The number of carbonyl (C=O) groups excluding carboxylic acids is 2. The first-order chi connectivity index (χ1) is 13.6. The molecule has 7 heteroatoms. The fourth-order valence-corrected chi connectivity index (χ4v) is 2.82. The summed E-state index contributed by atoms with van der Waals surface area (Å²) in [5, 5.41) is 11.4. The standard InChI is InChI=1S/C21H22N4O3/c1-2-3-20(26)22-16-9-10-17-18(13-16)24-19(23-17)12-15-6-4-14(5-7-15)8-11-21(27)25-28/h4-11,13,28H,2-3,12H2,1H3,(H,22,26)(H,23,24)(H,25,27). The Balaban J connectivity index is 1.69. The number of carbonyl (C=O) groups is 2. The van der Waals surface area contributed by atoms with E-state index in [1.807, 2.05) is 49.4 Å². The summed E-state index contributed by atoms with van der Waals surface area (Å²) < 4.78 is 0. The molecule has 2 amide bonds. The lowest BCUT2D eigenvalue weighted by atomic mass is 10.1. The second-order valence-corrected chi connectivity index (χ2v) is 6.44. The van der Waals surface area contributed by atoms with E-state index in [-0.39, 0.29) is 5.91 Å². The van der Waals surface area contributed by atoms with Crippen LogP contribution in [0.4, 0.5) is 5.69 Å². The van der Waals surface area contributed by atoms with Gasteiger partial charge in [-0.3, -0.25) is 14.8 Å². The first kappa shape index (κ1) is 19.3. The van der Waals surface area contributed by atoms with Crippen molar-refractivity contribution in [3.05, 3.63) is 65.5 Å². The molecule has 0 aliphatic heterocycles. The van der Waals surface area contributed by atoms with E-state index in [9.17, 15) is 9.59 Å². The second kappa shape index (κ2) is 8.96. The Morgan fingerprint density at radius 2 is 1.96 bits per heavy atom. The molecular weight excluding hydrogens is 356 g/mol. The van der Waals surface area contributed by atoms with Crippen molar-refractivity contribution < 1.29 is 14.8 Å². The van der Waals surface area contributed by atoms with Crippen molar-refractivity contribution in [2.75, 3.05) is 5.32 Å². The quantitative estimate of drug-likeness (QED) is 0.287. The Hall–Kier alpha value is -3.45. The molecule has 0 saturated heterocycles. The number of H-pyrrole nitrogens is 1. The number of nitrogens with one attached hydrogen (secondary N) is 3. The zero-order valence-electron chi connectivity index (χ0n) is 15.5. The van der Waals surface area contributed by atoms with E-state index in [1.54, 1.807) is 11.6 Å². The fourth-order valence-electron chi connectivity index (χ4n) is 2.82. The van der Waals surface area contributed by atoms with Gasteiger partial charge in [0.2, 0.25) is 5.91 Å². The number of hydrogen-bond donors (Lipinski definition) is 4. The fraction of sp³-hybridized carbons (Fsp3) is 0.190. The van der Waals surface area contributed by atoms with Crippen LogP contribution >= 0.6 is 0 Å². The molecule has 2 aromatic carbocycles. The molecule has 0 atom stereocenters. The number of amides is 2. The second-order valence-electron chi connectivity index (χ2n) is 6.44. The molecule has 3 rings (SSSR count). The number of hydrogen-bond acceptors (Lipinski definition) is 4. The zero-order valence-corrected chi connectivity index (χ0v) is 15.5. The minimum atomic E-state index is -0.573. The predicted octanol–water partition coefficient (Wildman–Crippen LogP) is 3.41. The number of nitrogens with zero attached hydrogens (tertiary/aromatic N) is 1. The molecule has 0 radical (unpaired) electrons. The van der Waals surface area contributed by atoms with Crippen molar-refractivity contribution in [1.82, 2.24) is 15.4 Å². The van der Waals surface area contributed by atoms with Gasteiger partial charge in [-0.25, -0.2) is 10.5 Å². The molecule has 0 aliphatic carbocycles. The van der Waals surface area contributed by atoms with Crippen LogP contribution in [0.15, 0.2) is 48.5 Å². The van der Waals surface area contributed by atoms with Gasteiger partial charge in [0.05, 0.1) is 11.0 Å². The van der Waals surface area contributed by atoms with Gasteiger partial charge in [0.25, 0.3) is 5.91 Å². The van der Waals surface area contributed by atoms with E-state index in [0.29, 0.717) is 12.8 Å². The van der Waals surface area contributed by atoms with Crippen LogP contribution in [0.25, 0.3) is 17.1 Å². The summed E-state index contributed by atoms with van der Waals surface area (Å²) in [6.07, 6.45) is 4.82. The molecule has 7 nitrogen and oxygen atoms in total. The monoisotopic (exact) mass is 378 g/mol. The van der Waals surface area contributed by atoms with E-state index in [1.165, 1.54) is 6.08 Å². The van der Waals surface area contributed by atoms with Crippen molar-refractivity contribution in [2.45, 2.75) is 26.2 Å². The Morgan fingerprint density at radius 3 is 2.68 bits per heavy atom. The number of aromatic amines is 1. The molecule has 0 spiro atoms. The van der Waals surface area contributed by atoms with E-state index < -0.39 is 5.91 Å². The van der Waals surface area contributed by atoms with Crippen LogP contribution in [0.1, 0.15) is 36.7 Å². The van der Waals surface area contributed by atoms with Crippen LogP contribution in [0, 0.1) is 0 Å². The first-order valence-electron chi connectivity index (χ1n) is 9.07. The molecule has 3 aromatic rings. The number of hydroxylamine groups is 1. The molecule has 1 aromatic heterocycles. The van der Waals surface area contributed by atoms with Crippen molar-refractivity contribution in [3.8, 4) is 0 Å². The number of aromatic nitrogens is 2. The lowest BCUT2D eigenvalue weighted by Crippen LogP contribution is -2.14. The highest BCUT2D eigenvalue weighted by Gasteiger charge is 2.07. The van der Waals surface area contributed by atoms with Crippen molar-refractivity contribution >= 4 is 34.6 Å². The van der Waals surface area contributed by atoms with Gasteiger partial charge in [-0.1, -0.05) is 31.2 Å². The van der Waals surface area contributed by atoms with Gasteiger partial charge in [-0.05, 0) is 41.8 Å². The molecule has 0 fully saturated rings. The average molecular weight is 378 g/mol. The minimum absolute atomic E-state index is 0.00666. The molecule has 4 N–H and O–H groups in total. The number of imidazole rings is 1. The van der Waals surface area contributed by atoms with E-state index in [4.69, 9.17) is 5.21 Å². The molecule has 0 aliphatic rings. The van der Waals surface area contributed by atoms with Crippen molar-refractivity contribution in [3.63, 3.8) is 0 Å². The highest BCUT2D eigenvalue weighted by atomic mass is 16.5. The molecule has 0 saturated carbocycles. The maximum atomic E-state index is 11.7. The Morgan fingerprint density at radius 1 is 1.18 bits per heavy atom. The third kappa shape index (κ3) is 5.05. The van der Waals surface area contributed by atoms with Gasteiger partial charge in [0.1, 0.15) is 5.82 Å².